The third-order valence-corrected chi connectivity index (χ3v) is 9.37. The maximum Gasteiger partial charge on any atom is 0.122 e. The summed E-state index contributed by atoms with van der Waals surface area (Å²) in [6, 6.07) is 23.1. The van der Waals surface area contributed by atoms with Crippen LogP contribution in [0.3, 0.4) is 0 Å². The first-order valence-electron chi connectivity index (χ1n) is 16.1. The van der Waals surface area contributed by atoms with Gasteiger partial charge in [-0.2, -0.15) is 0 Å². The smallest absolute Gasteiger partial charge is 0.122 e. The highest BCUT2D eigenvalue weighted by Crippen LogP contribution is 2.35. The summed E-state index contributed by atoms with van der Waals surface area (Å²) in [7, 11) is 3.56. The molecule has 0 unspecified atom stereocenters. The van der Waals surface area contributed by atoms with E-state index in [9.17, 15) is 0 Å². The highest BCUT2D eigenvalue weighted by Gasteiger charge is 2.29. The highest BCUT2D eigenvalue weighted by atomic mass is 16.5. The highest BCUT2D eigenvalue weighted by molar-refractivity contribution is 5.43. The monoisotopic (exact) mass is 555 g/mol. The van der Waals surface area contributed by atoms with Gasteiger partial charge in [-0.05, 0) is 111 Å². The fourth-order valence-corrected chi connectivity index (χ4v) is 6.99. The molecule has 0 radical (unpaired) electrons. The Morgan fingerprint density at radius 3 is 1.98 bits per heavy atom. The number of hydrogen-bond donors (Lipinski definition) is 0. The van der Waals surface area contributed by atoms with Gasteiger partial charge in [0.05, 0.1) is 14.2 Å². The molecule has 0 saturated heterocycles. The number of fused-ring (bicyclic) bond motifs is 2. The number of ether oxygens (including phenoxy) is 2. The average Bonchev–Trinajstić information content (AvgIpc) is 3.02. The Labute approximate surface area is 250 Å². The molecule has 0 bridgehead atoms. The molecule has 0 N–H and O–H groups in total. The zero-order chi connectivity index (χ0) is 29.2. The van der Waals surface area contributed by atoms with E-state index in [2.05, 4.69) is 93.3 Å². The number of methoxy groups -OCH3 is 2. The molecule has 5 rings (SSSR count). The van der Waals surface area contributed by atoms with E-state index in [1.807, 2.05) is 0 Å². The summed E-state index contributed by atoms with van der Waals surface area (Å²) in [4.78, 5) is 2.72. The van der Waals surface area contributed by atoms with Gasteiger partial charge >= 0.3 is 0 Å². The molecular weight excluding hydrogens is 502 g/mol. The predicted octanol–water partition coefficient (Wildman–Crippen LogP) is 9.32. The van der Waals surface area contributed by atoms with Crippen LogP contribution in [0.15, 0.2) is 60.7 Å². The second kappa shape index (κ2) is 15.4. The van der Waals surface area contributed by atoms with Crippen LogP contribution in [-0.2, 0) is 25.7 Å². The van der Waals surface area contributed by atoms with E-state index in [-0.39, 0.29) is 0 Å². The molecule has 222 valence electrons. The summed E-state index contributed by atoms with van der Waals surface area (Å²) in [5.74, 6) is 3.05. The maximum absolute atomic E-state index is 5.57. The van der Waals surface area contributed by atoms with Crippen molar-refractivity contribution in [3.8, 4) is 11.5 Å². The van der Waals surface area contributed by atoms with Crippen molar-refractivity contribution in [1.29, 1.82) is 0 Å². The molecule has 2 aliphatic rings. The Morgan fingerprint density at radius 2 is 1.39 bits per heavy atom. The van der Waals surface area contributed by atoms with Crippen LogP contribution in [0.5, 0.6) is 11.5 Å². The Kier molecular flexibility index (Phi) is 11.7. The van der Waals surface area contributed by atoms with Gasteiger partial charge in [0.2, 0.25) is 0 Å². The van der Waals surface area contributed by atoms with Gasteiger partial charge in [-0.1, -0.05) is 87.2 Å². The van der Waals surface area contributed by atoms with Gasteiger partial charge < -0.3 is 9.47 Å². The molecule has 41 heavy (non-hydrogen) atoms. The largest absolute Gasteiger partial charge is 0.496 e. The van der Waals surface area contributed by atoms with E-state index < -0.39 is 0 Å². The van der Waals surface area contributed by atoms with Crippen LogP contribution in [0.1, 0.15) is 98.7 Å². The molecule has 3 aromatic rings. The topological polar surface area (TPSA) is 21.7 Å². The lowest BCUT2D eigenvalue weighted by Crippen LogP contribution is -2.41. The number of nitrogens with zero attached hydrogens (tertiary/aromatic N) is 1. The van der Waals surface area contributed by atoms with Crippen LogP contribution in [0, 0.1) is 12.8 Å². The summed E-state index contributed by atoms with van der Waals surface area (Å²) in [6.45, 7) is 10.2. The molecule has 3 heteroatoms. The SMILES string of the molecule is CCCC[C@H]1CCc2c(cccc2OC)C1.CCCN([C@H]1CCc2c(cccc2OC)C1)[C@H](C)c1ccc(C)cc1. The van der Waals surface area contributed by atoms with Gasteiger partial charge in [0.25, 0.3) is 0 Å². The van der Waals surface area contributed by atoms with Gasteiger partial charge in [0.15, 0.2) is 0 Å². The van der Waals surface area contributed by atoms with Crippen LogP contribution in [-0.4, -0.2) is 31.7 Å². The Hall–Kier alpha value is -2.78. The first kappa shape index (κ1) is 31.2. The van der Waals surface area contributed by atoms with Gasteiger partial charge in [-0.15, -0.1) is 0 Å². The number of unbranched alkanes of at least 4 members (excludes halogenated alkanes) is 1. The van der Waals surface area contributed by atoms with E-state index in [4.69, 9.17) is 9.47 Å². The molecule has 3 nitrogen and oxygen atoms in total. The molecular formula is C38H53NO2. The van der Waals surface area contributed by atoms with Crippen LogP contribution >= 0.6 is 0 Å². The molecule has 0 aliphatic heterocycles. The van der Waals surface area contributed by atoms with Crippen molar-refractivity contribution in [3.63, 3.8) is 0 Å². The average molecular weight is 556 g/mol. The van der Waals surface area contributed by atoms with Gasteiger partial charge in [-0.3, -0.25) is 4.90 Å². The first-order chi connectivity index (χ1) is 20.0. The summed E-state index contributed by atoms with van der Waals surface area (Å²) in [6.07, 6.45) is 12.5. The molecule has 0 amide bonds. The molecule has 3 aromatic carbocycles. The maximum atomic E-state index is 5.57. The van der Waals surface area contributed by atoms with Gasteiger partial charge in [0.1, 0.15) is 11.5 Å². The summed E-state index contributed by atoms with van der Waals surface area (Å²) in [5, 5.41) is 0. The third-order valence-electron chi connectivity index (χ3n) is 9.37. The van der Waals surface area contributed by atoms with Crippen molar-refractivity contribution in [3.05, 3.63) is 94.0 Å². The van der Waals surface area contributed by atoms with E-state index in [0.29, 0.717) is 12.1 Å². The van der Waals surface area contributed by atoms with E-state index >= 15 is 0 Å². The Morgan fingerprint density at radius 1 is 0.780 bits per heavy atom. The molecule has 0 aromatic heterocycles. The minimum atomic E-state index is 0.456. The minimum absolute atomic E-state index is 0.456. The molecule has 0 heterocycles. The summed E-state index contributed by atoms with van der Waals surface area (Å²) < 4.78 is 11.0. The van der Waals surface area contributed by atoms with Crippen molar-refractivity contribution < 1.29 is 9.47 Å². The quantitative estimate of drug-likeness (QED) is 0.249. The lowest BCUT2D eigenvalue weighted by atomic mass is 9.81. The molecule has 0 spiro atoms. The molecule has 2 aliphatic carbocycles. The Balaban J connectivity index is 0.000000208. The standard InChI is InChI=1S/C23H31NO.C15H22O/c1-5-15-24(18(3)19-11-9-17(2)10-12-19)21-13-14-22-20(16-21)7-6-8-23(22)25-4;1-3-4-6-12-9-10-14-13(11-12)7-5-8-15(14)16-2/h6-12,18,21H,5,13-16H2,1-4H3;5,7-8,12H,3-4,6,9-11H2,1-2H3/t18-,21+;12-/m10/s1. The number of benzene rings is 3. The molecule has 0 saturated carbocycles. The predicted molar refractivity (Wildman–Crippen MR) is 173 cm³/mol. The minimum Gasteiger partial charge on any atom is -0.496 e. The van der Waals surface area contributed by atoms with Gasteiger partial charge in [-0.25, -0.2) is 0 Å². The second-order valence-corrected chi connectivity index (χ2v) is 12.2. The molecule has 0 fully saturated rings. The first-order valence-corrected chi connectivity index (χ1v) is 16.1. The summed E-state index contributed by atoms with van der Waals surface area (Å²) in [5.41, 5.74) is 8.62. The van der Waals surface area contributed by atoms with E-state index in [1.165, 1.54) is 84.7 Å². The second-order valence-electron chi connectivity index (χ2n) is 12.2. The van der Waals surface area contributed by atoms with Crippen molar-refractivity contribution in [2.24, 2.45) is 5.92 Å². The number of rotatable bonds is 10. The van der Waals surface area contributed by atoms with Crippen molar-refractivity contribution in [2.75, 3.05) is 20.8 Å². The van der Waals surface area contributed by atoms with Gasteiger partial charge in [0, 0.05) is 12.1 Å². The third kappa shape index (κ3) is 7.95. The van der Waals surface area contributed by atoms with Crippen molar-refractivity contribution in [1.82, 2.24) is 4.90 Å². The van der Waals surface area contributed by atoms with Crippen molar-refractivity contribution in [2.45, 2.75) is 104 Å². The zero-order valence-corrected chi connectivity index (χ0v) is 26.5. The summed E-state index contributed by atoms with van der Waals surface area (Å²) >= 11 is 0. The van der Waals surface area contributed by atoms with E-state index in [0.717, 1.165) is 36.8 Å². The van der Waals surface area contributed by atoms with Crippen LogP contribution in [0.2, 0.25) is 0 Å². The number of aryl methyl sites for hydroxylation is 1. The Bertz CT molecular complexity index is 1220. The lowest BCUT2D eigenvalue weighted by molar-refractivity contribution is 0.130. The number of hydrogen-bond acceptors (Lipinski definition) is 3. The fraction of sp³-hybridized carbons (Fsp3) is 0.526. The van der Waals surface area contributed by atoms with Crippen molar-refractivity contribution >= 4 is 0 Å². The van der Waals surface area contributed by atoms with Crippen LogP contribution in [0.4, 0.5) is 0 Å². The van der Waals surface area contributed by atoms with E-state index in [1.54, 1.807) is 14.2 Å². The normalized spacial score (nSPS) is 18.5. The molecule has 3 atom stereocenters. The van der Waals surface area contributed by atoms with Crippen LogP contribution in [0.25, 0.3) is 0 Å². The lowest BCUT2D eigenvalue weighted by Gasteiger charge is -2.39. The zero-order valence-electron chi connectivity index (χ0n) is 26.5. The fourth-order valence-electron chi connectivity index (χ4n) is 6.99. The van der Waals surface area contributed by atoms with Crippen LogP contribution < -0.4 is 9.47 Å².